The maximum Gasteiger partial charge on any atom is 0.307 e. The molecule has 7 heteroatoms. The number of esters is 2. The SMILES string of the molecule is COC(=O)CC1c2cccc(Br)c2CCN1C(=O)CCC(=O)OC(C)(C)C. The molecule has 0 N–H and O–H groups in total. The van der Waals surface area contributed by atoms with Crippen LogP contribution in [0.3, 0.4) is 0 Å². The Morgan fingerprint density at radius 3 is 2.52 bits per heavy atom. The van der Waals surface area contributed by atoms with Gasteiger partial charge in [0.15, 0.2) is 0 Å². The van der Waals surface area contributed by atoms with E-state index in [-0.39, 0.29) is 31.1 Å². The minimum Gasteiger partial charge on any atom is -0.469 e. The highest BCUT2D eigenvalue weighted by Crippen LogP contribution is 2.36. The summed E-state index contributed by atoms with van der Waals surface area (Å²) in [5.74, 6) is -0.946. The van der Waals surface area contributed by atoms with Crippen LogP contribution in [0.2, 0.25) is 0 Å². The molecule has 6 nitrogen and oxygen atoms in total. The summed E-state index contributed by atoms with van der Waals surface area (Å²) in [4.78, 5) is 38.3. The highest BCUT2D eigenvalue weighted by molar-refractivity contribution is 9.10. The van der Waals surface area contributed by atoms with E-state index >= 15 is 0 Å². The molecule has 1 atom stereocenters. The third-order valence-electron chi connectivity index (χ3n) is 4.36. The van der Waals surface area contributed by atoms with Gasteiger partial charge in [0.2, 0.25) is 5.91 Å². The zero-order chi connectivity index (χ0) is 20.2. The van der Waals surface area contributed by atoms with Crippen molar-refractivity contribution < 1.29 is 23.9 Å². The third-order valence-corrected chi connectivity index (χ3v) is 5.11. The van der Waals surface area contributed by atoms with E-state index in [1.165, 1.54) is 7.11 Å². The maximum atomic E-state index is 12.8. The number of hydrogen-bond donors (Lipinski definition) is 0. The Balaban J connectivity index is 2.15. The molecular weight excluding hydrogens is 414 g/mol. The number of rotatable bonds is 5. The monoisotopic (exact) mass is 439 g/mol. The van der Waals surface area contributed by atoms with Gasteiger partial charge in [0.25, 0.3) is 0 Å². The summed E-state index contributed by atoms with van der Waals surface area (Å²) in [5, 5.41) is 0. The van der Waals surface area contributed by atoms with Gasteiger partial charge in [0, 0.05) is 17.4 Å². The largest absolute Gasteiger partial charge is 0.469 e. The molecule has 27 heavy (non-hydrogen) atoms. The smallest absolute Gasteiger partial charge is 0.307 e. The molecule has 0 aliphatic carbocycles. The predicted molar refractivity (Wildman–Crippen MR) is 104 cm³/mol. The van der Waals surface area contributed by atoms with Crippen molar-refractivity contribution in [1.82, 2.24) is 4.90 Å². The van der Waals surface area contributed by atoms with Crippen LogP contribution in [0.1, 0.15) is 57.2 Å². The highest BCUT2D eigenvalue weighted by Gasteiger charge is 2.33. The molecule has 148 valence electrons. The zero-order valence-corrected chi connectivity index (χ0v) is 17.8. The van der Waals surface area contributed by atoms with Gasteiger partial charge in [-0.1, -0.05) is 28.1 Å². The molecule has 0 saturated carbocycles. The number of methoxy groups -OCH3 is 1. The van der Waals surface area contributed by atoms with Gasteiger partial charge in [-0.3, -0.25) is 14.4 Å². The van der Waals surface area contributed by atoms with Crippen molar-refractivity contribution in [3.63, 3.8) is 0 Å². The van der Waals surface area contributed by atoms with Gasteiger partial charge in [0.05, 0.1) is 26.0 Å². The van der Waals surface area contributed by atoms with E-state index in [2.05, 4.69) is 15.9 Å². The van der Waals surface area contributed by atoms with Crippen LogP contribution in [0.25, 0.3) is 0 Å². The predicted octanol–water partition coefficient (Wildman–Crippen LogP) is 3.56. The Labute approximate surface area is 168 Å². The third kappa shape index (κ3) is 5.79. The van der Waals surface area contributed by atoms with Crippen LogP contribution in [0.5, 0.6) is 0 Å². The number of carbonyl (C=O) groups is 3. The normalized spacial score (nSPS) is 16.5. The van der Waals surface area contributed by atoms with Crippen molar-refractivity contribution in [2.24, 2.45) is 0 Å². The number of amides is 1. The lowest BCUT2D eigenvalue weighted by atomic mass is 9.90. The fourth-order valence-electron chi connectivity index (χ4n) is 3.21. The Morgan fingerprint density at radius 2 is 1.89 bits per heavy atom. The first-order valence-corrected chi connectivity index (χ1v) is 9.77. The summed E-state index contributed by atoms with van der Waals surface area (Å²) in [6.45, 7) is 5.86. The molecule has 0 bridgehead atoms. The first-order valence-electron chi connectivity index (χ1n) is 8.98. The summed E-state index contributed by atoms with van der Waals surface area (Å²) in [7, 11) is 1.33. The second-order valence-electron chi connectivity index (χ2n) is 7.53. The standard InChI is InChI=1S/C20H26BrNO5/c1-20(2,3)27-18(24)9-8-17(23)22-11-10-13-14(6-5-7-15(13)21)16(22)12-19(25)26-4/h5-7,16H,8-12H2,1-4H3. The van der Waals surface area contributed by atoms with Crippen LogP contribution < -0.4 is 0 Å². The van der Waals surface area contributed by atoms with E-state index in [9.17, 15) is 14.4 Å². The fourth-order valence-corrected chi connectivity index (χ4v) is 3.79. The minimum atomic E-state index is -0.579. The van der Waals surface area contributed by atoms with E-state index in [4.69, 9.17) is 9.47 Å². The van der Waals surface area contributed by atoms with Crippen molar-refractivity contribution in [2.75, 3.05) is 13.7 Å². The van der Waals surface area contributed by atoms with Crippen LogP contribution in [0.4, 0.5) is 0 Å². The average molecular weight is 440 g/mol. The van der Waals surface area contributed by atoms with E-state index in [0.29, 0.717) is 13.0 Å². The molecular formula is C20H26BrNO5. The number of halogens is 1. The number of ether oxygens (including phenoxy) is 2. The molecule has 0 saturated heterocycles. The van der Waals surface area contributed by atoms with Crippen molar-refractivity contribution in [3.05, 3.63) is 33.8 Å². The molecule has 1 aliphatic heterocycles. The molecule has 0 spiro atoms. The zero-order valence-electron chi connectivity index (χ0n) is 16.2. The van der Waals surface area contributed by atoms with Gasteiger partial charge in [0.1, 0.15) is 5.60 Å². The van der Waals surface area contributed by atoms with Gasteiger partial charge >= 0.3 is 11.9 Å². The maximum absolute atomic E-state index is 12.8. The number of nitrogens with zero attached hydrogens (tertiary/aromatic N) is 1. The second kappa shape index (κ2) is 8.87. The average Bonchev–Trinajstić information content (AvgIpc) is 2.58. The van der Waals surface area contributed by atoms with Gasteiger partial charge in [-0.05, 0) is 44.4 Å². The molecule has 2 rings (SSSR count). The van der Waals surface area contributed by atoms with Gasteiger partial charge in [-0.2, -0.15) is 0 Å². The lowest BCUT2D eigenvalue weighted by molar-refractivity contribution is -0.157. The summed E-state index contributed by atoms with van der Waals surface area (Å²) >= 11 is 3.55. The number of hydrogen-bond acceptors (Lipinski definition) is 5. The quantitative estimate of drug-likeness (QED) is 0.655. The number of carbonyl (C=O) groups excluding carboxylic acids is 3. The van der Waals surface area contributed by atoms with E-state index in [1.807, 2.05) is 18.2 Å². The molecule has 0 radical (unpaired) electrons. The molecule has 1 amide bonds. The van der Waals surface area contributed by atoms with Crippen LogP contribution in [-0.4, -0.2) is 42.0 Å². The van der Waals surface area contributed by atoms with Crippen LogP contribution >= 0.6 is 15.9 Å². The Morgan fingerprint density at radius 1 is 1.19 bits per heavy atom. The summed E-state index contributed by atoms with van der Waals surface area (Å²) in [6, 6.07) is 5.38. The molecule has 1 aliphatic rings. The molecule has 1 aromatic carbocycles. The topological polar surface area (TPSA) is 72.9 Å². The van der Waals surface area contributed by atoms with Crippen molar-refractivity contribution >= 4 is 33.8 Å². The van der Waals surface area contributed by atoms with Crippen molar-refractivity contribution in [2.45, 2.75) is 58.1 Å². The van der Waals surface area contributed by atoms with Crippen molar-refractivity contribution in [1.29, 1.82) is 0 Å². The number of fused-ring (bicyclic) bond motifs is 1. The van der Waals surface area contributed by atoms with E-state index < -0.39 is 17.6 Å². The second-order valence-corrected chi connectivity index (χ2v) is 8.38. The summed E-state index contributed by atoms with van der Waals surface area (Å²) < 4.78 is 11.1. The first-order chi connectivity index (χ1) is 12.6. The summed E-state index contributed by atoms with van der Waals surface area (Å²) in [5.41, 5.74) is 1.46. The highest BCUT2D eigenvalue weighted by atomic mass is 79.9. The minimum absolute atomic E-state index is 0.0168. The van der Waals surface area contributed by atoms with E-state index in [1.54, 1.807) is 25.7 Å². The van der Waals surface area contributed by atoms with Crippen molar-refractivity contribution in [3.8, 4) is 0 Å². The van der Waals surface area contributed by atoms with Gasteiger partial charge < -0.3 is 14.4 Å². The van der Waals surface area contributed by atoms with Crippen LogP contribution in [0.15, 0.2) is 22.7 Å². The Hall–Kier alpha value is -1.89. The van der Waals surface area contributed by atoms with E-state index in [0.717, 1.165) is 15.6 Å². The van der Waals surface area contributed by atoms with Crippen LogP contribution in [0, 0.1) is 0 Å². The lowest BCUT2D eigenvalue weighted by Crippen LogP contribution is -2.41. The molecule has 0 fully saturated rings. The molecule has 0 aromatic heterocycles. The lowest BCUT2D eigenvalue weighted by Gasteiger charge is -2.37. The molecule has 1 aromatic rings. The number of benzene rings is 1. The molecule has 1 heterocycles. The summed E-state index contributed by atoms with van der Waals surface area (Å²) in [6.07, 6.45) is 0.837. The van der Waals surface area contributed by atoms with Crippen LogP contribution in [-0.2, 0) is 30.3 Å². The molecule has 1 unspecified atom stereocenters. The van der Waals surface area contributed by atoms with Gasteiger partial charge in [-0.25, -0.2) is 0 Å². The Kier molecular flexibility index (Phi) is 7.03. The Bertz CT molecular complexity index is 726. The van der Waals surface area contributed by atoms with Gasteiger partial charge in [-0.15, -0.1) is 0 Å². The fraction of sp³-hybridized carbons (Fsp3) is 0.550. The first kappa shape index (κ1) is 21.4.